The molecule has 0 atom stereocenters. The number of anilines is 3. The van der Waals surface area contributed by atoms with Crippen LogP contribution in [0.1, 0.15) is 29.9 Å². The van der Waals surface area contributed by atoms with Crippen LogP contribution in [0.5, 0.6) is 5.75 Å². The molecule has 1 aromatic carbocycles. The summed E-state index contributed by atoms with van der Waals surface area (Å²) in [7, 11) is 2.93. The molecule has 174 valence electrons. The third-order valence-electron chi connectivity index (χ3n) is 4.94. The van der Waals surface area contributed by atoms with E-state index in [1.165, 1.54) is 20.2 Å². The van der Waals surface area contributed by atoms with Crippen LogP contribution in [0.25, 0.3) is 0 Å². The maximum atomic E-state index is 12.5. The largest absolute Gasteiger partial charge is 0.494 e. The van der Waals surface area contributed by atoms with E-state index >= 15 is 0 Å². The second kappa shape index (κ2) is 9.51. The molecule has 0 bridgehead atoms. The Morgan fingerprint density at radius 2 is 2.00 bits per heavy atom. The summed E-state index contributed by atoms with van der Waals surface area (Å²) in [6, 6.07) is 6.27. The number of methoxy groups -OCH3 is 1. The fraction of sp³-hybridized carbons (Fsp3) is 0.333. The van der Waals surface area contributed by atoms with Crippen LogP contribution in [-0.2, 0) is 0 Å². The normalized spacial score (nSPS) is 14.4. The van der Waals surface area contributed by atoms with E-state index in [1.807, 2.05) is 0 Å². The summed E-state index contributed by atoms with van der Waals surface area (Å²) in [6.45, 7) is 5.43. The Kier molecular flexibility index (Phi) is 6.75. The zero-order valence-corrected chi connectivity index (χ0v) is 18.9. The van der Waals surface area contributed by atoms with Gasteiger partial charge in [0.25, 0.3) is 5.91 Å². The van der Waals surface area contributed by atoms with E-state index < -0.39 is 5.91 Å². The van der Waals surface area contributed by atoms with E-state index in [2.05, 4.69) is 45.0 Å². The molecule has 1 aliphatic heterocycles. The van der Waals surface area contributed by atoms with E-state index in [9.17, 15) is 9.59 Å². The van der Waals surface area contributed by atoms with Crippen LogP contribution in [0.2, 0.25) is 0 Å². The van der Waals surface area contributed by atoms with Crippen molar-refractivity contribution >= 4 is 41.3 Å². The van der Waals surface area contributed by atoms with E-state index in [4.69, 9.17) is 15.9 Å². The number of aliphatic imine (C=N–C) groups is 1. The molecule has 1 aliphatic rings. The summed E-state index contributed by atoms with van der Waals surface area (Å²) in [4.78, 5) is 30.3. The molecule has 33 heavy (non-hydrogen) atoms. The zero-order chi connectivity index (χ0) is 24.2. The molecule has 0 unspecified atom stereocenters. The topological polar surface area (TPSA) is 171 Å². The molecule has 2 aromatic rings. The fourth-order valence-corrected chi connectivity index (χ4v) is 3.48. The lowest BCUT2D eigenvalue weighted by atomic mass is 9.85. The minimum absolute atomic E-state index is 0.0168. The fourth-order valence-electron chi connectivity index (χ4n) is 3.48. The van der Waals surface area contributed by atoms with Gasteiger partial charge in [0.05, 0.1) is 30.4 Å². The summed E-state index contributed by atoms with van der Waals surface area (Å²) in [5.41, 5.74) is 6.54. The maximum absolute atomic E-state index is 12.5. The second-order valence-electron chi connectivity index (χ2n) is 8.16. The molecule has 12 nitrogen and oxygen atoms in total. The molecule has 3 rings (SSSR count). The lowest BCUT2D eigenvalue weighted by Gasteiger charge is -2.45. The lowest BCUT2D eigenvalue weighted by Crippen LogP contribution is -2.56. The number of benzene rings is 1. The number of nitrogens with zero attached hydrogens (tertiary/aromatic N) is 4. The summed E-state index contributed by atoms with van der Waals surface area (Å²) < 4.78 is 5.48. The number of amidine groups is 1. The first-order valence-corrected chi connectivity index (χ1v) is 10.1. The summed E-state index contributed by atoms with van der Waals surface area (Å²) in [5, 5.41) is 24.4. The van der Waals surface area contributed by atoms with Crippen LogP contribution in [0, 0.1) is 10.8 Å². The molecule has 2 heterocycles. The molecule has 3 amide bonds. The number of carbonyl (C=O) groups is 2. The van der Waals surface area contributed by atoms with E-state index in [0.29, 0.717) is 30.1 Å². The Morgan fingerprint density at radius 3 is 2.61 bits per heavy atom. The standard InChI is InChI=1S/C21H27N9O3/c1-21(2)9-30(10-21)20(32)27-15-8-14(16(29-28-15)19(31)24-3)26-13-7-5-6-12(17(13)33-4)18(23)25-11-22/h5-8,11H,9-10H2,1-4H3,(H,24,31)(H3,22,23,25)(H2,26,27,28,32). The number of urea groups is 1. The molecule has 0 saturated carbocycles. The third kappa shape index (κ3) is 5.17. The average molecular weight is 454 g/mol. The first-order chi connectivity index (χ1) is 15.7. The quantitative estimate of drug-likeness (QED) is 0.328. The number of amides is 3. The first-order valence-electron chi connectivity index (χ1n) is 10.1. The Labute approximate surface area is 191 Å². The molecule has 0 aliphatic carbocycles. The van der Waals surface area contributed by atoms with Crippen LogP contribution in [0.3, 0.4) is 0 Å². The van der Waals surface area contributed by atoms with E-state index in [-0.39, 0.29) is 34.5 Å². The van der Waals surface area contributed by atoms with Crippen molar-refractivity contribution in [2.45, 2.75) is 13.8 Å². The van der Waals surface area contributed by atoms with Crippen molar-refractivity contribution in [1.82, 2.24) is 20.4 Å². The van der Waals surface area contributed by atoms with Gasteiger partial charge in [-0.15, -0.1) is 10.2 Å². The van der Waals surface area contributed by atoms with Gasteiger partial charge in [-0.1, -0.05) is 19.9 Å². The average Bonchev–Trinajstić information content (AvgIpc) is 2.77. The van der Waals surface area contributed by atoms with E-state index in [1.54, 1.807) is 23.1 Å². The SMILES string of the molecule is CNC(=O)c1nnc(NC(=O)N2CC(C)(C)C2)cc1Nc1cccc(C(=N)/N=C\N)c1OC. The molecule has 12 heteroatoms. The number of hydrogen-bond donors (Lipinski definition) is 5. The molecule has 1 saturated heterocycles. The number of para-hydroxylation sites is 1. The van der Waals surface area contributed by atoms with Crippen molar-refractivity contribution in [3.8, 4) is 5.75 Å². The third-order valence-corrected chi connectivity index (χ3v) is 4.94. The zero-order valence-electron chi connectivity index (χ0n) is 18.9. The Morgan fingerprint density at radius 1 is 1.27 bits per heavy atom. The Bertz CT molecular complexity index is 1110. The number of ether oxygens (including phenoxy) is 1. The molecule has 1 aromatic heterocycles. The molecule has 6 N–H and O–H groups in total. The van der Waals surface area contributed by atoms with Crippen molar-refractivity contribution < 1.29 is 14.3 Å². The van der Waals surface area contributed by atoms with E-state index in [0.717, 1.165) is 6.34 Å². The van der Waals surface area contributed by atoms with Gasteiger partial charge in [0, 0.05) is 31.6 Å². The highest BCUT2D eigenvalue weighted by atomic mass is 16.5. The summed E-state index contributed by atoms with van der Waals surface area (Å²) in [5.74, 6) is -0.0672. The van der Waals surface area contributed by atoms with Gasteiger partial charge in [-0.2, -0.15) is 0 Å². The highest BCUT2D eigenvalue weighted by Crippen LogP contribution is 2.33. The highest BCUT2D eigenvalue weighted by Gasteiger charge is 2.37. The lowest BCUT2D eigenvalue weighted by molar-refractivity contribution is 0.0687. The number of likely N-dealkylation sites (tertiary alicyclic amines) is 1. The number of nitrogens with two attached hydrogens (primary N) is 1. The van der Waals surface area contributed by atoms with Gasteiger partial charge < -0.3 is 26.0 Å². The highest BCUT2D eigenvalue weighted by molar-refractivity contribution is 6.05. The van der Waals surface area contributed by atoms with Crippen LogP contribution >= 0.6 is 0 Å². The predicted octanol–water partition coefficient (Wildman–Crippen LogP) is 1.77. The van der Waals surface area contributed by atoms with Gasteiger partial charge >= 0.3 is 6.03 Å². The van der Waals surface area contributed by atoms with Gasteiger partial charge in [0.2, 0.25) is 0 Å². The molecule has 0 spiro atoms. The second-order valence-corrected chi connectivity index (χ2v) is 8.16. The molecule has 0 radical (unpaired) electrons. The van der Waals surface area contributed by atoms with Gasteiger partial charge in [-0.25, -0.2) is 9.79 Å². The first kappa shape index (κ1) is 23.4. The number of nitrogens with one attached hydrogen (secondary N) is 4. The van der Waals surface area contributed by atoms with Crippen molar-refractivity contribution in [2.75, 3.05) is 37.9 Å². The smallest absolute Gasteiger partial charge is 0.323 e. The van der Waals surface area contributed by atoms with Gasteiger partial charge in [-0.05, 0) is 12.1 Å². The van der Waals surface area contributed by atoms with Crippen molar-refractivity contribution in [2.24, 2.45) is 16.1 Å². The van der Waals surface area contributed by atoms with Gasteiger partial charge in [0.15, 0.2) is 23.1 Å². The van der Waals surface area contributed by atoms with Crippen molar-refractivity contribution in [3.05, 3.63) is 35.5 Å². The van der Waals surface area contributed by atoms with Crippen molar-refractivity contribution in [1.29, 1.82) is 5.41 Å². The van der Waals surface area contributed by atoms with Crippen molar-refractivity contribution in [3.63, 3.8) is 0 Å². The van der Waals surface area contributed by atoms with Gasteiger partial charge in [-0.3, -0.25) is 15.5 Å². The Balaban J connectivity index is 1.93. The Hall–Kier alpha value is -4.22. The van der Waals surface area contributed by atoms with Gasteiger partial charge in [0.1, 0.15) is 0 Å². The number of rotatable bonds is 6. The number of hydrogen-bond acceptors (Lipinski definition) is 7. The monoisotopic (exact) mass is 453 g/mol. The summed E-state index contributed by atoms with van der Waals surface area (Å²) in [6.07, 6.45) is 1.02. The van der Waals surface area contributed by atoms with Crippen LogP contribution in [0.15, 0.2) is 29.3 Å². The van der Waals surface area contributed by atoms with Crippen LogP contribution < -0.4 is 26.4 Å². The molecular weight excluding hydrogens is 426 g/mol. The minimum Gasteiger partial charge on any atom is -0.494 e. The minimum atomic E-state index is -0.469. The number of aromatic nitrogens is 2. The van der Waals surface area contributed by atoms with Crippen LogP contribution in [0.4, 0.5) is 22.0 Å². The maximum Gasteiger partial charge on any atom is 0.323 e. The van der Waals surface area contributed by atoms with Crippen LogP contribution in [-0.4, -0.2) is 66.5 Å². The predicted molar refractivity (Wildman–Crippen MR) is 126 cm³/mol. The number of carbonyl (C=O) groups excluding carboxylic acids is 2. The summed E-state index contributed by atoms with van der Waals surface area (Å²) >= 11 is 0. The molecule has 1 fully saturated rings. The molecular formula is C21H27N9O3.